The predicted molar refractivity (Wildman–Crippen MR) is 47.6 cm³/mol. The van der Waals surface area contributed by atoms with E-state index in [2.05, 4.69) is 0 Å². The average Bonchev–Trinajstić information content (AvgIpc) is 2.02. The Morgan fingerprint density at radius 2 is 1.64 bits per heavy atom. The van der Waals surface area contributed by atoms with E-state index < -0.39 is 35.7 Å². The molecule has 1 atom stereocenters. The van der Waals surface area contributed by atoms with Crippen LogP contribution in [-0.4, -0.2) is 11.7 Å². The molecule has 0 aromatic heterocycles. The van der Waals surface area contributed by atoms with Gasteiger partial charge in [-0.25, -0.2) is 13.2 Å². The molecule has 6 heteroatoms. The maximum atomic E-state index is 12.9. The van der Waals surface area contributed by atoms with Crippen molar-refractivity contribution in [3.63, 3.8) is 0 Å². The van der Waals surface area contributed by atoms with Gasteiger partial charge >= 0.3 is 0 Å². The lowest BCUT2D eigenvalue weighted by molar-refractivity contribution is 0.262. The second kappa shape index (κ2) is 5.19. The lowest BCUT2D eigenvalue weighted by Gasteiger charge is -2.10. The summed E-state index contributed by atoms with van der Waals surface area (Å²) < 4.78 is 38.1. The minimum Gasteiger partial charge on any atom is -0.394 e. The molecule has 1 aromatic rings. The molecule has 0 aliphatic heterocycles. The van der Waals surface area contributed by atoms with Crippen molar-refractivity contribution in [2.24, 2.45) is 5.73 Å². The summed E-state index contributed by atoms with van der Waals surface area (Å²) in [6, 6.07) is -0.123. The molecule has 0 heterocycles. The molecular weight excluding hydrogens is 219 g/mol. The summed E-state index contributed by atoms with van der Waals surface area (Å²) >= 11 is 0. The van der Waals surface area contributed by atoms with Gasteiger partial charge in [0.1, 0.15) is 17.5 Å². The molecule has 14 heavy (non-hydrogen) atoms. The Labute approximate surface area is 84.9 Å². The van der Waals surface area contributed by atoms with E-state index >= 15 is 0 Å². The Balaban J connectivity index is 0.00000169. The highest BCUT2D eigenvalue weighted by Gasteiger charge is 2.17. The van der Waals surface area contributed by atoms with Crippen molar-refractivity contribution in [2.45, 2.75) is 6.04 Å². The van der Waals surface area contributed by atoms with Gasteiger partial charge in [-0.05, 0) is 0 Å². The van der Waals surface area contributed by atoms with E-state index in [4.69, 9.17) is 10.8 Å². The van der Waals surface area contributed by atoms with Gasteiger partial charge in [-0.2, -0.15) is 0 Å². The van der Waals surface area contributed by atoms with Crippen LogP contribution in [0, 0.1) is 17.5 Å². The van der Waals surface area contributed by atoms with Gasteiger partial charge < -0.3 is 10.8 Å². The third-order valence-electron chi connectivity index (χ3n) is 1.61. The summed E-state index contributed by atoms with van der Waals surface area (Å²) in [6.07, 6.45) is 0. The zero-order valence-electron chi connectivity index (χ0n) is 7.01. The van der Waals surface area contributed by atoms with Crippen LogP contribution in [0.3, 0.4) is 0 Å². The fourth-order valence-electron chi connectivity index (χ4n) is 0.999. The molecule has 0 amide bonds. The summed E-state index contributed by atoms with van der Waals surface area (Å²) in [7, 11) is 0. The zero-order chi connectivity index (χ0) is 10.0. The zero-order valence-corrected chi connectivity index (χ0v) is 7.82. The molecule has 0 aliphatic carbocycles. The first kappa shape index (κ1) is 13.2. The number of halogens is 4. The summed E-state index contributed by atoms with van der Waals surface area (Å²) in [4.78, 5) is 0. The van der Waals surface area contributed by atoms with Crippen LogP contribution in [-0.2, 0) is 0 Å². The van der Waals surface area contributed by atoms with Crippen molar-refractivity contribution in [1.82, 2.24) is 0 Å². The van der Waals surface area contributed by atoms with Gasteiger partial charge in [0.25, 0.3) is 0 Å². The number of hydrogen-bond acceptors (Lipinski definition) is 2. The van der Waals surface area contributed by atoms with E-state index in [1.165, 1.54) is 0 Å². The van der Waals surface area contributed by atoms with E-state index in [1.807, 2.05) is 0 Å². The van der Waals surface area contributed by atoms with E-state index in [0.717, 1.165) is 0 Å². The Morgan fingerprint density at radius 3 is 2.00 bits per heavy atom. The van der Waals surface area contributed by atoms with Crippen LogP contribution >= 0.6 is 12.4 Å². The van der Waals surface area contributed by atoms with E-state index in [1.54, 1.807) is 0 Å². The third-order valence-corrected chi connectivity index (χ3v) is 1.61. The fourth-order valence-corrected chi connectivity index (χ4v) is 0.999. The van der Waals surface area contributed by atoms with Crippen LogP contribution in [0.5, 0.6) is 0 Å². The Morgan fingerprint density at radius 1 is 1.21 bits per heavy atom. The number of nitrogens with two attached hydrogens (primary N) is 1. The number of aliphatic hydroxyl groups excluding tert-OH is 1. The number of benzene rings is 1. The molecule has 0 spiro atoms. The van der Waals surface area contributed by atoms with Gasteiger partial charge in [-0.15, -0.1) is 12.4 Å². The summed E-state index contributed by atoms with van der Waals surface area (Å²) in [5.74, 6) is -3.18. The van der Waals surface area contributed by atoms with Crippen LogP contribution in [0.1, 0.15) is 11.6 Å². The first-order chi connectivity index (χ1) is 6.06. The third kappa shape index (κ3) is 2.60. The second-order valence-corrected chi connectivity index (χ2v) is 2.57. The van der Waals surface area contributed by atoms with Crippen LogP contribution in [0.15, 0.2) is 12.1 Å². The lowest BCUT2D eigenvalue weighted by Crippen LogP contribution is -2.18. The van der Waals surface area contributed by atoms with E-state index in [-0.39, 0.29) is 12.4 Å². The maximum Gasteiger partial charge on any atom is 0.133 e. The smallest absolute Gasteiger partial charge is 0.133 e. The van der Waals surface area contributed by atoms with Crippen molar-refractivity contribution < 1.29 is 18.3 Å². The minimum absolute atomic E-state index is 0. The molecule has 2 nitrogen and oxygen atoms in total. The van der Waals surface area contributed by atoms with Gasteiger partial charge in [0, 0.05) is 17.7 Å². The molecule has 1 aromatic carbocycles. The first-order valence-corrected chi connectivity index (χ1v) is 3.57. The Bertz CT molecular complexity index is 298. The molecule has 0 fully saturated rings. The summed E-state index contributed by atoms with van der Waals surface area (Å²) in [6.45, 7) is -0.598. The summed E-state index contributed by atoms with van der Waals surface area (Å²) in [5.41, 5.74) is 4.70. The standard InChI is InChI=1S/C8H8F3NO.ClH/c9-4-1-5(10)8(6(11)2-4)7(12)3-13;/h1-2,7,13H,3,12H2;1H/t7-;/m1./s1. The Hall–Kier alpha value is -0.780. The topological polar surface area (TPSA) is 46.2 Å². The Kier molecular flexibility index (Phi) is 4.90. The van der Waals surface area contributed by atoms with Crippen molar-refractivity contribution >= 4 is 12.4 Å². The van der Waals surface area contributed by atoms with Gasteiger partial charge in [0.05, 0.1) is 12.6 Å². The molecule has 80 valence electrons. The number of hydrogen-bond donors (Lipinski definition) is 2. The van der Waals surface area contributed by atoms with Gasteiger partial charge in [0.15, 0.2) is 0 Å². The second-order valence-electron chi connectivity index (χ2n) is 2.57. The SMILES string of the molecule is Cl.N[C@H](CO)c1c(F)cc(F)cc1F. The minimum atomic E-state index is -1.17. The average molecular weight is 228 g/mol. The number of aliphatic hydroxyl groups is 1. The van der Waals surface area contributed by atoms with Crippen LogP contribution < -0.4 is 5.73 Å². The van der Waals surface area contributed by atoms with Crippen LogP contribution in [0.4, 0.5) is 13.2 Å². The van der Waals surface area contributed by atoms with Gasteiger partial charge in [-0.1, -0.05) is 0 Å². The van der Waals surface area contributed by atoms with E-state index in [0.29, 0.717) is 12.1 Å². The quantitative estimate of drug-likeness (QED) is 0.805. The van der Waals surface area contributed by atoms with Crippen molar-refractivity contribution in [1.29, 1.82) is 0 Å². The largest absolute Gasteiger partial charge is 0.394 e. The van der Waals surface area contributed by atoms with Crippen LogP contribution in [0.25, 0.3) is 0 Å². The maximum absolute atomic E-state index is 12.9. The molecule has 0 bridgehead atoms. The molecule has 0 saturated carbocycles. The molecule has 0 unspecified atom stereocenters. The van der Waals surface area contributed by atoms with E-state index in [9.17, 15) is 13.2 Å². The highest BCUT2D eigenvalue weighted by atomic mass is 35.5. The van der Waals surface area contributed by atoms with Gasteiger partial charge in [-0.3, -0.25) is 0 Å². The predicted octanol–water partition coefficient (Wildman–Crippen LogP) is 1.52. The van der Waals surface area contributed by atoms with Crippen molar-refractivity contribution in [3.8, 4) is 0 Å². The molecular formula is C8H9ClF3NO. The summed E-state index contributed by atoms with van der Waals surface area (Å²) in [5, 5.41) is 8.55. The van der Waals surface area contributed by atoms with Crippen molar-refractivity contribution in [2.75, 3.05) is 6.61 Å². The molecule has 3 N–H and O–H groups in total. The van der Waals surface area contributed by atoms with Crippen LogP contribution in [0.2, 0.25) is 0 Å². The lowest BCUT2D eigenvalue weighted by atomic mass is 10.1. The highest BCUT2D eigenvalue weighted by Crippen LogP contribution is 2.19. The fraction of sp³-hybridized carbons (Fsp3) is 0.250. The first-order valence-electron chi connectivity index (χ1n) is 3.57. The normalized spacial score (nSPS) is 12.1. The highest BCUT2D eigenvalue weighted by molar-refractivity contribution is 5.85. The van der Waals surface area contributed by atoms with Crippen molar-refractivity contribution in [3.05, 3.63) is 35.1 Å². The number of rotatable bonds is 2. The molecule has 0 radical (unpaired) electrons. The molecule has 0 saturated heterocycles. The van der Waals surface area contributed by atoms with Gasteiger partial charge in [0.2, 0.25) is 0 Å². The molecule has 1 rings (SSSR count). The monoisotopic (exact) mass is 227 g/mol. The molecule has 0 aliphatic rings.